The highest BCUT2D eigenvalue weighted by Crippen LogP contribution is 2.34. The van der Waals surface area contributed by atoms with Crippen LogP contribution in [0.5, 0.6) is 5.75 Å². The number of aromatic nitrogens is 2. The number of hydrogen-bond donors (Lipinski definition) is 2. The van der Waals surface area contributed by atoms with E-state index < -0.39 is 0 Å². The second-order valence-electron chi connectivity index (χ2n) is 6.17. The van der Waals surface area contributed by atoms with Crippen LogP contribution in [0.2, 0.25) is 0 Å². The zero-order chi connectivity index (χ0) is 17.2. The lowest BCUT2D eigenvalue weighted by atomic mass is 10.1. The summed E-state index contributed by atoms with van der Waals surface area (Å²) in [6.07, 6.45) is 3.60. The summed E-state index contributed by atoms with van der Waals surface area (Å²) in [6.45, 7) is 3.81. The first-order valence-electron chi connectivity index (χ1n) is 8.33. The molecule has 2 N–H and O–H groups in total. The lowest BCUT2D eigenvalue weighted by Crippen LogP contribution is -2.37. The molecular weight excluding hydrogens is 339 g/mol. The van der Waals surface area contributed by atoms with Gasteiger partial charge in [0.05, 0.1) is 11.1 Å². The highest BCUT2D eigenvalue weighted by Gasteiger charge is 2.18. The molecule has 1 aromatic carbocycles. The number of anilines is 2. The van der Waals surface area contributed by atoms with E-state index in [2.05, 4.69) is 26.0 Å². The van der Waals surface area contributed by atoms with Gasteiger partial charge in [0.2, 0.25) is 0 Å². The summed E-state index contributed by atoms with van der Waals surface area (Å²) >= 11 is 1.58. The number of aryl methyl sites for hydroxylation is 1. The molecule has 0 unspecified atom stereocenters. The number of halogens is 1. The van der Waals surface area contributed by atoms with E-state index in [1.807, 2.05) is 6.92 Å². The van der Waals surface area contributed by atoms with Gasteiger partial charge < -0.3 is 15.4 Å². The molecule has 0 radical (unpaired) electrons. The molecule has 5 nitrogen and oxygen atoms in total. The highest BCUT2D eigenvalue weighted by molar-refractivity contribution is 7.17. The Bertz CT molecular complexity index is 892. The van der Waals surface area contributed by atoms with Crippen molar-refractivity contribution in [3.8, 4) is 5.75 Å². The first-order valence-corrected chi connectivity index (χ1v) is 9.21. The standard InChI is InChI=1S/C18H19FN4OS/c1-11-9-25-18-16(11)17(21-10-22-18)23-14-5-4-12(19)7-15(14)24-13-3-2-6-20-8-13/h4-5,7,9-10,13,20H,2-3,6,8H2,1H3,(H,21,22,23)/t13-/m1/s1. The Hall–Kier alpha value is -2.25. The zero-order valence-electron chi connectivity index (χ0n) is 13.9. The maximum atomic E-state index is 13.8. The molecule has 1 aliphatic heterocycles. The van der Waals surface area contributed by atoms with Gasteiger partial charge in [-0.2, -0.15) is 0 Å². The van der Waals surface area contributed by atoms with Crippen LogP contribution in [-0.4, -0.2) is 29.2 Å². The van der Waals surface area contributed by atoms with Crippen LogP contribution >= 0.6 is 11.3 Å². The van der Waals surface area contributed by atoms with Crippen molar-refractivity contribution < 1.29 is 9.13 Å². The quantitative estimate of drug-likeness (QED) is 0.738. The molecule has 0 spiro atoms. The van der Waals surface area contributed by atoms with E-state index in [0.29, 0.717) is 17.3 Å². The van der Waals surface area contributed by atoms with E-state index in [4.69, 9.17) is 4.74 Å². The van der Waals surface area contributed by atoms with E-state index in [-0.39, 0.29) is 11.9 Å². The monoisotopic (exact) mass is 358 g/mol. The lowest BCUT2D eigenvalue weighted by Gasteiger charge is -2.25. The van der Waals surface area contributed by atoms with Gasteiger partial charge in [-0.1, -0.05) is 0 Å². The molecule has 1 aliphatic rings. The second-order valence-corrected chi connectivity index (χ2v) is 7.03. The van der Waals surface area contributed by atoms with Crippen LogP contribution in [0.15, 0.2) is 29.9 Å². The summed E-state index contributed by atoms with van der Waals surface area (Å²) in [5, 5.41) is 9.66. The van der Waals surface area contributed by atoms with Crippen LogP contribution < -0.4 is 15.4 Å². The summed E-state index contributed by atoms with van der Waals surface area (Å²) in [6, 6.07) is 4.54. The maximum absolute atomic E-state index is 13.8. The number of piperidine rings is 1. The van der Waals surface area contributed by atoms with Crippen molar-refractivity contribution in [1.82, 2.24) is 15.3 Å². The van der Waals surface area contributed by atoms with Gasteiger partial charge in [0.15, 0.2) is 0 Å². The molecular formula is C18H19FN4OS. The van der Waals surface area contributed by atoms with Crippen molar-refractivity contribution in [2.75, 3.05) is 18.4 Å². The minimum absolute atomic E-state index is 0.0457. The second kappa shape index (κ2) is 6.93. The van der Waals surface area contributed by atoms with Gasteiger partial charge in [0, 0.05) is 12.6 Å². The van der Waals surface area contributed by atoms with Gasteiger partial charge in [-0.3, -0.25) is 0 Å². The lowest BCUT2D eigenvalue weighted by molar-refractivity contribution is 0.167. The summed E-state index contributed by atoms with van der Waals surface area (Å²) in [4.78, 5) is 9.60. The van der Waals surface area contributed by atoms with Crippen molar-refractivity contribution in [3.63, 3.8) is 0 Å². The number of nitrogens with one attached hydrogen (secondary N) is 2. The minimum Gasteiger partial charge on any atom is -0.487 e. The molecule has 1 saturated heterocycles. The molecule has 7 heteroatoms. The topological polar surface area (TPSA) is 59.1 Å². The van der Waals surface area contributed by atoms with Gasteiger partial charge >= 0.3 is 0 Å². The molecule has 4 rings (SSSR count). The molecule has 3 heterocycles. The Labute approximate surface area is 149 Å². The van der Waals surface area contributed by atoms with Crippen molar-refractivity contribution in [2.45, 2.75) is 25.9 Å². The normalized spacial score (nSPS) is 17.6. The van der Waals surface area contributed by atoms with Gasteiger partial charge in [0.25, 0.3) is 0 Å². The Morgan fingerprint density at radius 2 is 2.28 bits per heavy atom. The van der Waals surface area contributed by atoms with Crippen molar-refractivity contribution in [1.29, 1.82) is 0 Å². The molecule has 1 fully saturated rings. The molecule has 130 valence electrons. The SMILES string of the molecule is Cc1csc2ncnc(Nc3ccc(F)cc3O[C@@H]3CCCNC3)c12. The molecule has 0 saturated carbocycles. The molecule has 2 aromatic heterocycles. The smallest absolute Gasteiger partial charge is 0.146 e. The predicted molar refractivity (Wildman–Crippen MR) is 98.4 cm³/mol. The average Bonchev–Trinajstić information content (AvgIpc) is 3.00. The third-order valence-electron chi connectivity index (χ3n) is 4.30. The maximum Gasteiger partial charge on any atom is 0.146 e. The minimum atomic E-state index is -0.316. The van der Waals surface area contributed by atoms with Crippen LogP contribution in [0.1, 0.15) is 18.4 Å². The molecule has 25 heavy (non-hydrogen) atoms. The van der Waals surface area contributed by atoms with Crippen LogP contribution in [0.4, 0.5) is 15.9 Å². The van der Waals surface area contributed by atoms with E-state index in [1.54, 1.807) is 17.4 Å². The van der Waals surface area contributed by atoms with Gasteiger partial charge in [-0.05, 0) is 49.4 Å². The fourth-order valence-corrected chi connectivity index (χ4v) is 3.93. The number of hydrogen-bond acceptors (Lipinski definition) is 6. The molecule has 3 aromatic rings. The van der Waals surface area contributed by atoms with Crippen LogP contribution in [0.3, 0.4) is 0 Å². The number of rotatable bonds is 4. The fourth-order valence-electron chi connectivity index (χ4n) is 3.04. The van der Waals surface area contributed by atoms with Crippen LogP contribution in [0.25, 0.3) is 10.2 Å². The van der Waals surface area contributed by atoms with Gasteiger partial charge in [-0.25, -0.2) is 14.4 Å². The van der Waals surface area contributed by atoms with Gasteiger partial charge in [-0.15, -0.1) is 11.3 Å². The van der Waals surface area contributed by atoms with E-state index in [9.17, 15) is 4.39 Å². The van der Waals surface area contributed by atoms with E-state index >= 15 is 0 Å². The summed E-state index contributed by atoms with van der Waals surface area (Å²) in [5.41, 5.74) is 1.82. The largest absolute Gasteiger partial charge is 0.487 e. The van der Waals surface area contributed by atoms with Crippen LogP contribution in [-0.2, 0) is 0 Å². The fraction of sp³-hybridized carbons (Fsp3) is 0.333. The molecule has 0 bridgehead atoms. The molecule has 1 atom stereocenters. The predicted octanol–water partition coefficient (Wildman–Crippen LogP) is 4.01. The Balaban J connectivity index is 1.66. The number of nitrogens with zero attached hydrogens (tertiary/aromatic N) is 2. The number of fused-ring (bicyclic) bond motifs is 1. The average molecular weight is 358 g/mol. The highest BCUT2D eigenvalue weighted by atomic mass is 32.1. The van der Waals surface area contributed by atoms with Crippen molar-refractivity contribution in [3.05, 3.63) is 41.3 Å². The van der Waals surface area contributed by atoms with E-state index in [1.165, 1.54) is 18.5 Å². The first-order chi connectivity index (χ1) is 12.2. The van der Waals surface area contributed by atoms with Crippen LogP contribution in [0, 0.1) is 12.7 Å². The Morgan fingerprint density at radius 1 is 1.36 bits per heavy atom. The summed E-state index contributed by atoms with van der Waals surface area (Å²) < 4.78 is 19.8. The number of thiophene rings is 1. The summed E-state index contributed by atoms with van der Waals surface area (Å²) in [5.74, 6) is 0.902. The Morgan fingerprint density at radius 3 is 3.12 bits per heavy atom. The van der Waals surface area contributed by atoms with Crippen molar-refractivity contribution in [2.24, 2.45) is 0 Å². The van der Waals surface area contributed by atoms with Gasteiger partial charge in [0.1, 0.15) is 34.6 Å². The molecule has 0 amide bonds. The zero-order valence-corrected chi connectivity index (χ0v) is 14.7. The number of ether oxygens (including phenoxy) is 1. The van der Waals surface area contributed by atoms with E-state index in [0.717, 1.165) is 41.7 Å². The third kappa shape index (κ3) is 3.43. The third-order valence-corrected chi connectivity index (χ3v) is 5.30. The molecule has 0 aliphatic carbocycles. The first kappa shape index (κ1) is 16.2. The summed E-state index contributed by atoms with van der Waals surface area (Å²) in [7, 11) is 0. The number of benzene rings is 1. The van der Waals surface area contributed by atoms with Crippen molar-refractivity contribution >= 4 is 33.1 Å². The Kier molecular flexibility index (Phi) is 4.50.